The van der Waals surface area contributed by atoms with Crippen molar-refractivity contribution < 1.29 is 0 Å². The Kier molecular flexibility index (Phi) is 2.89. The molecular formula is C11H22N2. The summed E-state index contributed by atoms with van der Waals surface area (Å²) in [5, 5.41) is 7.25. The van der Waals surface area contributed by atoms with Gasteiger partial charge in [-0.15, -0.1) is 0 Å². The molecule has 0 radical (unpaired) electrons. The van der Waals surface area contributed by atoms with Gasteiger partial charge in [-0.1, -0.05) is 13.8 Å². The zero-order chi connectivity index (χ0) is 9.26. The molecule has 0 aromatic rings. The average molecular weight is 182 g/mol. The van der Waals surface area contributed by atoms with Crippen LogP contribution in [0.3, 0.4) is 0 Å². The van der Waals surface area contributed by atoms with Gasteiger partial charge in [0.25, 0.3) is 0 Å². The number of rotatable bonds is 3. The fraction of sp³-hybridized carbons (Fsp3) is 1.00. The van der Waals surface area contributed by atoms with Gasteiger partial charge in [-0.2, -0.15) is 0 Å². The van der Waals surface area contributed by atoms with Crippen LogP contribution in [-0.2, 0) is 0 Å². The second kappa shape index (κ2) is 3.97. The van der Waals surface area contributed by atoms with Crippen LogP contribution < -0.4 is 10.6 Å². The fourth-order valence-corrected chi connectivity index (χ4v) is 2.27. The number of piperidine rings is 1. The predicted molar refractivity (Wildman–Crippen MR) is 55.8 cm³/mol. The van der Waals surface area contributed by atoms with Crippen LogP contribution in [0.25, 0.3) is 0 Å². The minimum Gasteiger partial charge on any atom is -0.312 e. The molecule has 4 atom stereocenters. The summed E-state index contributed by atoms with van der Waals surface area (Å²) in [5.74, 6) is 1.79. The molecular weight excluding hydrogens is 160 g/mol. The molecule has 2 heteroatoms. The first-order valence-electron chi connectivity index (χ1n) is 5.74. The number of nitrogens with one attached hydrogen (secondary N) is 2. The smallest absolute Gasteiger partial charge is 0.0218 e. The molecule has 1 aliphatic heterocycles. The maximum Gasteiger partial charge on any atom is 0.0218 e. The lowest BCUT2D eigenvalue weighted by atomic mass is 9.93. The molecule has 2 aliphatic rings. The third-order valence-corrected chi connectivity index (χ3v) is 3.64. The molecule has 0 amide bonds. The molecule has 0 spiro atoms. The van der Waals surface area contributed by atoms with Crippen molar-refractivity contribution in [3.63, 3.8) is 0 Å². The summed E-state index contributed by atoms with van der Waals surface area (Å²) in [6.07, 6.45) is 4.15. The van der Waals surface area contributed by atoms with E-state index in [0.29, 0.717) is 0 Å². The summed E-state index contributed by atoms with van der Waals surface area (Å²) in [4.78, 5) is 0. The molecule has 2 N–H and O–H groups in total. The summed E-state index contributed by atoms with van der Waals surface area (Å²) in [6, 6.07) is 1.55. The minimum atomic E-state index is 0.724. The van der Waals surface area contributed by atoms with Crippen molar-refractivity contribution in [3.8, 4) is 0 Å². The van der Waals surface area contributed by atoms with E-state index in [-0.39, 0.29) is 0 Å². The van der Waals surface area contributed by atoms with E-state index in [9.17, 15) is 0 Å². The van der Waals surface area contributed by atoms with Crippen molar-refractivity contribution >= 4 is 0 Å². The fourth-order valence-electron chi connectivity index (χ4n) is 2.27. The molecule has 2 fully saturated rings. The molecule has 0 aromatic heterocycles. The molecule has 4 unspecified atom stereocenters. The topological polar surface area (TPSA) is 24.1 Å². The highest BCUT2D eigenvalue weighted by molar-refractivity contribution is 4.91. The van der Waals surface area contributed by atoms with Crippen molar-refractivity contribution in [1.82, 2.24) is 10.6 Å². The van der Waals surface area contributed by atoms with Crippen LogP contribution in [-0.4, -0.2) is 25.2 Å². The Morgan fingerprint density at radius 1 is 1.31 bits per heavy atom. The van der Waals surface area contributed by atoms with Crippen molar-refractivity contribution in [3.05, 3.63) is 0 Å². The lowest BCUT2D eigenvalue weighted by molar-refractivity contribution is 0.289. The highest BCUT2D eigenvalue weighted by Gasteiger charge is 2.33. The number of hydrogen-bond donors (Lipinski definition) is 2. The summed E-state index contributed by atoms with van der Waals surface area (Å²) in [6.45, 7) is 7.09. The van der Waals surface area contributed by atoms with Gasteiger partial charge >= 0.3 is 0 Å². The lowest BCUT2D eigenvalue weighted by Gasteiger charge is -2.30. The van der Waals surface area contributed by atoms with E-state index >= 15 is 0 Å². The Hall–Kier alpha value is -0.0800. The summed E-state index contributed by atoms with van der Waals surface area (Å²) >= 11 is 0. The van der Waals surface area contributed by atoms with E-state index in [1.54, 1.807) is 0 Å². The van der Waals surface area contributed by atoms with Gasteiger partial charge in [-0.05, 0) is 37.6 Å². The summed E-state index contributed by atoms with van der Waals surface area (Å²) < 4.78 is 0. The van der Waals surface area contributed by atoms with Gasteiger partial charge in [0, 0.05) is 18.6 Å². The first-order chi connectivity index (χ1) is 6.27. The molecule has 0 aromatic carbocycles. The van der Waals surface area contributed by atoms with Gasteiger partial charge in [0.1, 0.15) is 0 Å². The monoisotopic (exact) mass is 182 g/mol. The standard InChI is InChI=1S/C11H22N2/c1-8-4-3-5-12-11(8)7-13-10-6-9(10)2/h8-13H,3-7H2,1-2H3. The molecule has 1 aliphatic carbocycles. The van der Waals surface area contributed by atoms with Crippen molar-refractivity contribution in [2.75, 3.05) is 13.1 Å². The van der Waals surface area contributed by atoms with Gasteiger partial charge in [-0.25, -0.2) is 0 Å². The molecule has 1 saturated carbocycles. The van der Waals surface area contributed by atoms with Gasteiger partial charge in [0.05, 0.1) is 0 Å². The maximum atomic E-state index is 3.64. The van der Waals surface area contributed by atoms with E-state index in [1.807, 2.05) is 0 Å². The largest absolute Gasteiger partial charge is 0.312 e. The van der Waals surface area contributed by atoms with Crippen LogP contribution in [0.15, 0.2) is 0 Å². The van der Waals surface area contributed by atoms with Crippen LogP contribution in [0.4, 0.5) is 0 Å². The Balaban J connectivity index is 1.67. The lowest BCUT2D eigenvalue weighted by Crippen LogP contribution is -2.47. The molecule has 0 bridgehead atoms. The van der Waals surface area contributed by atoms with E-state index in [2.05, 4.69) is 24.5 Å². The maximum absolute atomic E-state index is 3.64. The average Bonchev–Trinajstić information content (AvgIpc) is 2.81. The molecule has 2 nitrogen and oxygen atoms in total. The third kappa shape index (κ3) is 2.44. The van der Waals surface area contributed by atoms with E-state index < -0.39 is 0 Å². The van der Waals surface area contributed by atoms with Gasteiger partial charge < -0.3 is 10.6 Å². The van der Waals surface area contributed by atoms with Gasteiger partial charge in [-0.3, -0.25) is 0 Å². The van der Waals surface area contributed by atoms with E-state index in [0.717, 1.165) is 23.9 Å². The van der Waals surface area contributed by atoms with E-state index in [1.165, 1.54) is 32.4 Å². The van der Waals surface area contributed by atoms with Crippen molar-refractivity contribution in [1.29, 1.82) is 0 Å². The van der Waals surface area contributed by atoms with Crippen LogP contribution in [0.2, 0.25) is 0 Å². The molecule has 13 heavy (non-hydrogen) atoms. The quantitative estimate of drug-likeness (QED) is 0.689. The van der Waals surface area contributed by atoms with Crippen LogP contribution in [0.1, 0.15) is 33.1 Å². The van der Waals surface area contributed by atoms with Crippen LogP contribution in [0.5, 0.6) is 0 Å². The molecule has 76 valence electrons. The van der Waals surface area contributed by atoms with Gasteiger partial charge in [0.15, 0.2) is 0 Å². The van der Waals surface area contributed by atoms with Gasteiger partial charge in [0.2, 0.25) is 0 Å². The summed E-state index contributed by atoms with van der Waals surface area (Å²) in [7, 11) is 0. The SMILES string of the molecule is CC1CCCNC1CNC1CC1C. The zero-order valence-electron chi connectivity index (χ0n) is 8.84. The number of hydrogen-bond acceptors (Lipinski definition) is 2. The Morgan fingerprint density at radius 2 is 2.08 bits per heavy atom. The highest BCUT2D eigenvalue weighted by atomic mass is 15.0. The van der Waals surface area contributed by atoms with Crippen LogP contribution >= 0.6 is 0 Å². The second-order valence-electron chi connectivity index (χ2n) is 4.91. The first kappa shape index (κ1) is 9.47. The molecule has 2 rings (SSSR count). The van der Waals surface area contributed by atoms with Crippen LogP contribution in [0, 0.1) is 11.8 Å². The Bertz CT molecular complexity index is 169. The summed E-state index contributed by atoms with van der Waals surface area (Å²) in [5.41, 5.74) is 0. The molecule has 1 saturated heterocycles. The molecule has 1 heterocycles. The zero-order valence-corrected chi connectivity index (χ0v) is 8.84. The normalized spacial score (nSPS) is 44.8. The predicted octanol–water partition coefficient (Wildman–Crippen LogP) is 1.37. The highest BCUT2D eigenvalue weighted by Crippen LogP contribution is 2.29. The Labute approximate surface area is 81.5 Å². The second-order valence-corrected chi connectivity index (χ2v) is 4.91. The van der Waals surface area contributed by atoms with E-state index in [4.69, 9.17) is 0 Å². The Morgan fingerprint density at radius 3 is 2.69 bits per heavy atom. The third-order valence-electron chi connectivity index (χ3n) is 3.64. The minimum absolute atomic E-state index is 0.724. The van der Waals surface area contributed by atoms with Crippen molar-refractivity contribution in [2.45, 2.75) is 45.2 Å². The van der Waals surface area contributed by atoms with Crippen molar-refractivity contribution in [2.24, 2.45) is 11.8 Å². The first-order valence-corrected chi connectivity index (χ1v) is 5.74.